The zero-order valence-corrected chi connectivity index (χ0v) is 13.8. The van der Waals surface area contributed by atoms with Gasteiger partial charge in [0.2, 0.25) is 0 Å². The molecule has 12 heteroatoms. The molecule has 0 fully saturated rings. The first-order valence-electron chi connectivity index (χ1n) is 7.43. The van der Waals surface area contributed by atoms with Gasteiger partial charge in [-0.25, -0.2) is 15.0 Å². The number of non-ortho nitro benzene ring substituents is 2. The van der Waals surface area contributed by atoms with Crippen molar-refractivity contribution >= 4 is 23.1 Å². The van der Waals surface area contributed by atoms with Crippen LogP contribution in [-0.4, -0.2) is 35.3 Å². The van der Waals surface area contributed by atoms with Crippen molar-refractivity contribution in [3.63, 3.8) is 0 Å². The summed E-state index contributed by atoms with van der Waals surface area (Å²) in [5, 5.41) is 24.3. The largest absolute Gasteiger partial charge is 0.306 e. The number of amides is 1. The van der Waals surface area contributed by atoms with Crippen LogP contribution >= 0.6 is 0 Å². The summed E-state index contributed by atoms with van der Waals surface area (Å²) in [5.74, 6) is 0.446. The monoisotopic (exact) mass is 369 g/mol. The molecule has 0 unspecified atom stereocenters. The fraction of sp³-hybridized carbons (Fsp3) is 0.0667. The average Bonchev–Trinajstić information content (AvgIpc) is 3.07. The molecule has 0 atom stereocenters. The van der Waals surface area contributed by atoms with Gasteiger partial charge in [0.1, 0.15) is 23.8 Å². The Morgan fingerprint density at radius 2 is 1.70 bits per heavy atom. The van der Waals surface area contributed by atoms with E-state index in [0.29, 0.717) is 11.6 Å². The van der Waals surface area contributed by atoms with Crippen molar-refractivity contribution < 1.29 is 14.6 Å². The lowest BCUT2D eigenvalue weighted by molar-refractivity contribution is -0.394. The molecular formula is C15H11N7O5. The Balaban J connectivity index is 1.91. The number of nitro groups is 2. The quantitative estimate of drug-likeness (QED) is 0.528. The lowest BCUT2D eigenvalue weighted by atomic mass is 10.1. The lowest BCUT2D eigenvalue weighted by Crippen LogP contribution is -2.14. The van der Waals surface area contributed by atoms with Crippen molar-refractivity contribution in [2.75, 3.05) is 5.32 Å². The minimum Gasteiger partial charge on any atom is -0.306 e. The molecule has 3 aromatic rings. The molecule has 1 amide bonds. The highest BCUT2D eigenvalue weighted by Gasteiger charge is 2.20. The van der Waals surface area contributed by atoms with Crippen molar-refractivity contribution in [1.82, 2.24) is 19.5 Å². The Kier molecular flexibility index (Phi) is 4.53. The van der Waals surface area contributed by atoms with Gasteiger partial charge in [-0.15, -0.1) is 0 Å². The number of nitro benzene ring substituents is 2. The Morgan fingerprint density at radius 1 is 1.04 bits per heavy atom. The third-order valence-corrected chi connectivity index (χ3v) is 3.55. The van der Waals surface area contributed by atoms with Gasteiger partial charge in [0, 0.05) is 30.6 Å². The van der Waals surface area contributed by atoms with Crippen molar-refractivity contribution in [2.45, 2.75) is 6.92 Å². The van der Waals surface area contributed by atoms with Crippen LogP contribution in [0, 0.1) is 27.2 Å². The Labute approximate surface area is 150 Å². The third-order valence-electron chi connectivity index (χ3n) is 3.55. The number of aryl methyl sites for hydroxylation is 1. The molecule has 136 valence electrons. The van der Waals surface area contributed by atoms with Crippen molar-refractivity contribution in [1.29, 1.82) is 0 Å². The molecule has 0 aliphatic heterocycles. The number of hydrogen-bond acceptors (Lipinski definition) is 8. The standard InChI is InChI=1S/C15H11N7O5/c1-9-16-2-3-20(9)14-7-13(17-8-18-14)19-15(23)10-4-11(21(24)25)6-12(5-10)22(26)27/h2-8H,1H3,(H,17,18,19,23). The van der Waals surface area contributed by atoms with Crippen LogP contribution in [0.1, 0.15) is 16.2 Å². The van der Waals surface area contributed by atoms with Gasteiger partial charge in [-0.1, -0.05) is 0 Å². The second kappa shape index (κ2) is 6.95. The molecule has 0 radical (unpaired) electrons. The summed E-state index contributed by atoms with van der Waals surface area (Å²) in [6.07, 6.45) is 4.48. The summed E-state index contributed by atoms with van der Waals surface area (Å²) < 4.78 is 1.66. The number of hydrogen-bond donors (Lipinski definition) is 1. The van der Waals surface area contributed by atoms with Crippen molar-refractivity contribution in [3.8, 4) is 5.82 Å². The van der Waals surface area contributed by atoms with E-state index in [9.17, 15) is 25.0 Å². The number of nitrogens with zero attached hydrogens (tertiary/aromatic N) is 6. The zero-order valence-electron chi connectivity index (χ0n) is 13.8. The van der Waals surface area contributed by atoms with E-state index < -0.39 is 27.1 Å². The predicted octanol–water partition coefficient (Wildman–Crippen LogP) is 2.04. The summed E-state index contributed by atoms with van der Waals surface area (Å²) in [5.41, 5.74) is -1.37. The van der Waals surface area contributed by atoms with E-state index in [1.807, 2.05) is 0 Å². The van der Waals surface area contributed by atoms with Crippen LogP contribution in [-0.2, 0) is 0 Å². The molecule has 12 nitrogen and oxygen atoms in total. The molecule has 0 spiro atoms. The topological polar surface area (TPSA) is 159 Å². The van der Waals surface area contributed by atoms with Crippen LogP contribution in [0.15, 0.2) is 43.0 Å². The molecule has 0 aliphatic carbocycles. The number of anilines is 1. The average molecular weight is 369 g/mol. The second-order valence-electron chi connectivity index (χ2n) is 5.31. The van der Waals surface area contributed by atoms with Gasteiger partial charge < -0.3 is 5.32 Å². The molecule has 2 aromatic heterocycles. The Morgan fingerprint density at radius 3 is 2.26 bits per heavy atom. The zero-order chi connectivity index (χ0) is 19.6. The fourth-order valence-corrected chi connectivity index (χ4v) is 2.29. The molecule has 1 aromatic carbocycles. The van der Waals surface area contributed by atoms with E-state index in [0.717, 1.165) is 18.2 Å². The maximum absolute atomic E-state index is 12.4. The Hall–Kier alpha value is -4.22. The van der Waals surface area contributed by atoms with Gasteiger partial charge in [-0.05, 0) is 6.92 Å². The van der Waals surface area contributed by atoms with E-state index in [1.54, 1.807) is 23.9 Å². The number of benzene rings is 1. The van der Waals surface area contributed by atoms with Gasteiger partial charge in [-0.3, -0.25) is 29.6 Å². The Bertz CT molecular complexity index is 1030. The second-order valence-corrected chi connectivity index (χ2v) is 5.31. The highest BCUT2D eigenvalue weighted by molar-refractivity contribution is 6.04. The normalized spacial score (nSPS) is 10.4. The third kappa shape index (κ3) is 3.73. The SMILES string of the molecule is Cc1nccn1-c1cc(NC(=O)c2cc([N+](=O)[O-])cc([N+](=O)[O-])c2)ncn1. The van der Waals surface area contributed by atoms with E-state index >= 15 is 0 Å². The summed E-state index contributed by atoms with van der Waals surface area (Å²) in [7, 11) is 0. The molecule has 0 saturated carbocycles. The fourth-order valence-electron chi connectivity index (χ4n) is 2.29. The maximum atomic E-state index is 12.4. The van der Waals surface area contributed by atoms with Crippen molar-refractivity contribution in [2.24, 2.45) is 0 Å². The van der Waals surface area contributed by atoms with Gasteiger partial charge in [0.15, 0.2) is 0 Å². The van der Waals surface area contributed by atoms with Crippen LogP contribution in [0.2, 0.25) is 0 Å². The molecule has 1 N–H and O–H groups in total. The van der Waals surface area contributed by atoms with E-state index in [2.05, 4.69) is 20.3 Å². The van der Waals surface area contributed by atoms with E-state index in [1.165, 1.54) is 12.4 Å². The van der Waals surface area contributed by atoms with Gasteiger partial charge in [-0.2, -0.15) is 0 Å². The van der Waals surface area contributed by atoms with Gasteiger partial charge in [0.25, 0.3) is 17.3 Å². The van der Waals surface area contributed by atoms with Crippen LogP contribution in [0.25, 0.3) is 5.82 Å². The highest BCUT2D eigenvalue weighted by atomic mass is 16.6. The first-order chi connectivity index (χ1) is 12.8. The molecular weight excluding hydrogens is 358 g/mol. The molecule has 0 bridgehead atoms. The maximum Gasteiger partial charge on any atom is 0.277 e. The lowest BCUT2D eigenvalue weighted by Gasteiger charge is -2.07. The van der Waals surface area contributed by atoms with E-state index in [-0.39, 0.29) is 11.4 Å². The van der Waals surface area contributed by atoms with Crippen LogP contribution < -0.4 is 5.32 Å². The number of rotatable bonds is 5. The number of aromatic nitrogens is 4. The van der Waals surface area contributed by atoms with E-state index in [4.69, 9.17) is 0 Å². The summed E-state index contributed by atoms with van der Waals surface area (Å²) in [6, 6.07) is 4.15. The summed E-state index contributed by atoms with van der Waals surface area (Å²) >= 11 is 0. The molecule has 2 heterocycles. The summed E-state index contributed by atoms with van der Waals surface area (Å²) in [4.78, 5) is 44.7. The number of carbonyl (C=O) groups excluding carboxylic acids is 1. The highest BCUT2D eigenvalue weighted by Crippen LogP contribution is 2.23. The minimum absolute atomic E-state index is 0.118. The molecule has 27 heavy (non-hydrogen) atoms. The minimum atomic E-state index is -0.811. The molecule has 0 saturated heterocycles. The van der Waals surface area contributed by atoms with Gasteiger partial charge in [0.05, 0.1) is 21.5 Å². The molecule has 3 rings (SSSR count). The van der Waals surface area contributed by atoms with Gasteiger partial charge >= 0.3 is 0 Å². The summed E-state index contributed by atoms with van der Waals surface area (Å²) in [6.45, 7) is 1.77. The number of nitrogens with one attached hydrogen (secondary N) is 1. The first-order valence-corrected chi connectivity index (χ1v) is 7.43. The number of imidazole rings is 1. The van der Waals surface area contributed by atoms with Crippen LogP contribution in [0.4, 0.5) is 17.2 Å². The first kappa shape index (κ1) is 17.6. The smallest absolute Gasteiger partial charge is 0.277 e. The number of carbonyl (C=O) groups is 1. The molecule has 0 aliphatic rings. The van der Waals surface area contributed by atoms with Crippen LogP contribution in [0.3, 0.4) is 0 Å². The van der Waals surface area contributed by atoms with Crippen LogP contribution in [0.5, 0.6) is 0 Å². The predicted molar refractivity (Wildman–Crippen MR) is 91.6 cm³/mol. The van der Waals surface area contributed by atoms with Crippen molar-refractivity contribution in [3.05, 3.63) is 74.6 Å².